The smallest absolute Gasteiger partial charge is 0.00965 e. The highest BCUT2D eigenvalue weighted by Crippen LogP contribution is 2.17. The van der Waals surface area contributed by atoms with Gasteiger partial charge in [0.25, 0.3) is 0 Å². The standard InChI is InChI=1S/C13H28N2/c1-11(2)7-5-3-4-6-8-15-13-9-12(14)10-13/h11-13,15H,3-10,14H2,1-2H3. The monoisotopic (exact) mass is 212 g/mol. The Bertz CT molecular complexity index is 151. The average Bonchev–Trinajstić information content (AvgIpc) is 2.12. The van der Waals surface area contributed by atoms with Gasteiger partial charge in [0.2, 0.25) is 0 Å². The highest BCUT2D eigenvalue weighted by atomic mass is 14.9. The lowest BCUT2D eigenvalue weighted by molar-refractivity contribution is 0.290. The van der Waals surface area contributed by atoms with Crippen molar-refractivity contribution in [3.8, 4) is 0 Å². The molecule has 90 valence electrons. The van der Waals surface area contributed by atoms with Crippen LogP contribution in [0, 0.1) is 5.92 Å². The number of nitrogens with two attached hydrogens (primary N) is 1. The molecule has 0 bridgehead atoms. The summed E-state index contributed by atoms with van der Waals surface area (Å²) in [7, 11) is 0. The van der Waals surface area contributed by atoms with Gasteiger partial charge in [0, 0.05) is 12.1 Å². The summed E-state index contributed by atoms with van der Waals surface area (Å²) >= 11 is 0. The van der Waals surface area contributed by atoms with Crippen LogP contribution < -0.4 is 11.1 Å². The Kier molecular flexibility index (Phi) is 6.26. The molecule has 0 aromatic carbocycles. The van der Waals surface area contributed by atoms with Crippen molar-refractivity contribution in [2.24, 2.45) is 11.7 Å². The minimum absolute atomic E-state index is 0.480. The van der Waals surface area contributed by atoms with Gasteiger partial charge in [-0.05, 0) is 31.7 Å². The van der Waals surface area contributed by atoms with Gasteiger partial charge in [-0.15, -0.1) is 0 Å². The van der Waals surface area contributed by atoms with E-state index in [1.54, 1.807) is 0 Å². The Morgan fingerprint density at radius 1 is 1.13 bits per heavy atom. The minimum Gasteiger partial charge on any atom is -0.328 e. The molecule has 0 saturated heterocycles. The maximum Gasteiger partial charge on any atom is 0.00965 e. The molecule has 0 heterocycles. The normalized spacial score (nSPS) is 25.6. The van der Waals surface area contributed by atoms with Crippen molar-refractivity contribution in [2.45, 2.75) is 70.9 Å². The molecule has 1 rings (SSSR count). The summed E-state index contributed by atoms with van der Waals surface area (Å²) in [6.45, 7) is 5.81. The summed E-state index contributed by atoms with van der Waals surface area (Å²) in [6.07, 6.45) is 9.31. The van der Waals surface area contributed by atoms with E-state index in [9.17, 15) is 0 Å². The van der Waals surface area contributed by atoms with Crippen LogP contribution in [0.1, 0.15) is 58.8 Å². The van der Waals surface area contributed by atoms with Crippen molar-refractivity contribution in [2.75, 3.05) is 6.54 Å². The summed E-state index contributed by atoms with van der Waals surface area (Å²) in [5.74, 6) is 0.875. The van der Waals surface area contributed by atoms with Crippen LogP contribution >= 0.6 is 0 Å². The third kappa shape index (κ3) is 6.16. The predicted octanol–water partition coefficient (Wildman–Crippen LogP) is 2.67. The van der Waals surface area contributed by atoms with Gasteiger partial charge in [-0.2, -0.15) is 0 Å². The first-order chi connectivity index (χ1) is 7.18. The third-order valence-electron chi connectivity index (χ3n) is 3.32. The van der Waals surface area contributed by atoms with Crippen molar-refractivity contribution in [1.82, 2.24) is 5.32 Å². The van der Waals surface area contributed by atoms with Crippen molar-refractivity contribution in [1.29, 1.82) is 0 Å². The van der Waals surface area contributed by atoms with Gasteiger partial charge in [0.1, 0.15) is 0 Å². The lowest BCUT2D eigenvalue weighted by Gasteiger charge is -2.33. The topological polar surface area (TPSA) is 38.0 Å². The van der Waals surface area contributed by atoms with E-state index in [1.165, 1.54) is 51.5 Å². The molecule has 1 saturated carbocycles. The summed E-state index contributed by atoms with van der Waals surface area (Å²) < 4.78 is 0. The largest absolute Gasteiger partial charge is 0.328 e. The molecule has 2 nitrogen and oxygen atoms in total. The zero-order valence-electron chi connectivity index (χ0n) is 10.5. The van der Waals surface area contributed by atoms with Crippen LogP contribution in [-0.2, 0) is 0 Å². The van der Waals surface area contributed by atoms with Gasteiger partial charge in [-0.3, -0.25) is 0 Å². The molecule has 1 aliphatic rings. The van der Waals surface area contributed by atoms with E-state index in [1.807, 2.05) is 0 Å². The molecule has 0 unspecified atom stereocenters. The lowest BCUT2D eigenvalue weighted by atomic mass is 9.87. The van der Waals surface area contributed by atoms with Crippen molar-refractivity contribution in [3.63, 3.8) is 0 Å². The second kappa shape index (κ2) is 7.24. The predicted molar refractivity (Wildman–Crippen MR) is 66.9 cm³/mol. The fourth-order valence-electron chi connectivity index (χ4n) is 2.17. The molecule has 1 fully saturated rings. The summed E-state index contributed by atoms with van der Waals surface area (Å²) in [5.41, 5.74) is 5.73. The van der Waals surface area contributed by atoms with Crippen LogP contribution in [0.25, 0.3) is 0 Å². The zero-order valence-corrected chi connectivity index (χ0v) is 10.5. The Labute approximate surface area is 95.0 Å². The number of hydrogen-bond donors (Lipinski definition) is 2. The first-order valence-corrected chi connectivity index (χ1v) is 6.67. The second-order valence-corrected chi connectivity index (χ2v) is 5.48. The fourth-order valence-corrected chi connectivity index (χ4v) is 2.17. The SMILES string of the molecule is CC(C)CCCCCCNC1CC(N)C1. The van der Waals surface area contributed by atoms with E-state index in [-0.39, 0.29) is 0 Å². The third-order valence-corrected chi connectivity index (χ3v) is 3.32. The number of rotatable bonds is 8. The van der Waals surface area contributed by atoms with Crippen LogP contribution in [0.15, 0.2) is 0 Å². The molecule has 15 heavy (non-hydrogen) atoms. The number of hydrogen-bond acceptors (Lipinski definition) is 2. The van der Waals surface area contributed by atoms with Crippen LogP contribution in [0.3, 0.4) is 0 Å². The lowest BCUT2D eigenvalue weighted by Crippen LogP contribution is -2.48. The van der Waals surface area contributed by atoms with Gasteiger partial charge >= 0.3 is 0 Å². The van der Waals surface area contributed by atoms with Crippen LogP contribution in [-0.4, -0.2) is 18.6 Å². The molecule has 0 spiro atoms. The summed E-state index contributed by atoms with van der Waals surface area (Å²) in [4.78, 5) is 0. The Balaban J connectivity index is 1.74. The average molecular weight is 212 g/mol. The van der Waals surface area contributed by atoms with E-state index in [2.05, 4.69) is 19.2 Å². The van der Waals surface area contributed by atoms with Crippen LogP contribution in [0.5, 0.6) is 0 Å². The maximum atomic E-state index is 5.73. The molecule has 0 aromatic rings. The van der Waals surface area contributed by atoms with Crippen LogP contribution in [0.2, 0.25) is 0 Å². The maximum absolute atomic E-state index is 5.73. The van der Waals surface area contributed by atoms with Gasteiger partial charge in [0.15, 0.2) is 0 Å². The molecule has 1 aliphatic carbocycles. The molecule has 0 atom stereocenters. The molecule has 0 radical (unpaired) electrons. The van der Waals surface area contributed by atoms with E-state index in [0.29, 0.717) is 6.04 Å². The molecule has 2 heteroatoms. The van der Waals surface area contributed by atoms with E-state index >= 15 is 0 Å². The molecule has 0 amide bonds. The summed E-state index contributed by atoms with van der Waals surface area (Å²) in [5, 5.41) is 3.57. The van der Waals surface area contributed by atoms with Crippen molar-refractivity contribution >= 4 is 0 Å². The highest BCUT2D eigenvalue weighted by Gasteiger charge is 2.24. The second-order valence-electron chi connectivity index (χ2n) is 5.48. The number of nitrogens with one attached hydrogen (secondary N) is 1. The highest BCUT2D eigenvalue weighted by molar-refractivity contribution is 4.87. The van der Waals surface area contributed by atoms with Gasteiger partial charge in [0.05, 0.1) is 0 Å². The van der Waals surface area contributed by atoms with Gasteiger partial charge < -0.3 is 11.1 Å². The van der Waals surface area contributed by atoms with E-state index in [4.69, 9.17) is 5.73 Å². The van der Waals surface area contributed by atoms with Crippen molar-refractivity contribution < 1.29 is 0 Å². The van der Waals surface area contributed by atoms with E-state index < -0.39 is 0 Å². The molecular weight excluding hydrogens is 184 g/mol. The molecule has 0 aromatic heterocycles. The Morgan fingerprint density at radius 3 is 2.40 bits per heavy atom. The molecule has 3 N–H and O–H groups in total. The fraction of sp³-hybridized carbons (Fsp3) is 1.00. The molecule has 0 aliphatic heterocycles. The summed E-state index contributed by atoms with van der Waals surface area (Å²) in [6, 6.07) is 1.21. The first kappa shape index (κ1) is 13.0. The molecular formula is C13H28N2. The van der Waals surface area contributed by atoms with Gasteiger partial charge in [-0.1, -0.05) is 39.5 Å². The van der Waals surface area contributed by atoms with Crippen molar-refractivity contribution in [3.05, 3.63) is 0 Å². The Morgan fingerprint density at radius 2 is 1.80 bits per heavy atom. The minimum atomic E-state index is 0.480. The van der Waals surface area contributed by atoms with Crippen LogP contribution in [0.4, 0.5) is 0 Å². The van der Waals surface area contributed by atoms with E-state index in [0.717, 1.165) is 12.0 Å². The zero-order chi connectivity index (χ0) is 11.1. The first-order valence-electron chi connectivity index (χ1n) is 6.67. The van der Waals surface area contributed by atoms with Gasteiger partial charge in [-0.25, -0.2) is 0 Å². The number of unbranched alkanes of at least 4 members (excludes halogenated alkanes) is 3. The quantitative estimate of drug-likeness (QED) is 0.607. The Hall–Kier alpha value is -0.0800.